The van der Waals surface area contributed by atoms with Crippen LogP contribution < -0.4 is 10.1 Å². The predicted octanol–water partition coefficient (Wildman–Crippen LogP) is 6.46. The van der Waals surface area contributed by atoms with E-state index in [9.17, 15) is 22.4 Å². The number of halogens is 4. The number of nitrogens with zero attached hydrogens (tertiary/aromatic N) is 2. The molecule has 0 fully saturated rings. The summed E-state index contributed by atoms with van der Waals surface area (Å²) in [7, 11) is 0. The van der Waals surface area contributed by atoms with Crippen molar-refractivity contribution in [3.8, 4) is 11.4 Å². The molecule has 1 amide bonds. The number of aromatic nitrogens is 2. The molecular formula is C26H23F4N3O2S. The Morgan fingerprint density at radius 2 is 1.78 bits per heavy atom. The molecule has 0 aliphatic rings. The second-order valence-electron chi connectivity index (χ2n) is 8.05. The van der Waals surface area contributed by atoms with Crippen LogP contribution in [0.3, 0.4) is 0 Å². The van der Waals surface area contributed by atoms with Crippen molar-refractivity contribution in [2.75, 3.05) is 5.75 Å². The maximum Gasteiger partial charge on any atom is 0.471 e. The standard InChI is InChI=1S/C26H23F4N3O2S/c1-3-36-22-11-4-17(5-12-22)24(16(2)32-25(34)26(28,29)30)35-21-10-13-23-18(14-21)15-31-33(23)20-8-6-19(27)7-9-20/h4-16,24H,3H2,1-2H3,(H,32,34). The molecule has 1 heterocycles. The van der Waals surface area contributed by atoms with Gasteiger partial charge in [-0.1, -0.05) is 19.1 Å². The Balaban J connectivity index is 1.63. The van der Waals surface area contributed by atoms with Gasteiger partial charge in [-0.15, -0.1) is 11.8 Å². The fraction of sp³-hybridized carbons (Fsp3) is 0.231. The number of amides is 1. The number of rotatable bonds is 8. The highest BCUT2D eigenvalue weighted by molar-refractivity contribution is 7.99. The average molecular weight is 518 g/mol. The molecule has 3 aromatic carbocycles. The van der Waals surface area contributed by atoms with Crippen molar-refractivity contribution in [3.63, 3.8) is 0 Å². The lowest BCUT2D eigenvalue weighted by atomic mass is 10.0. The summed E-state index contributed by atoms with van der Waals surface area (Å²) in [5.41, 5.74) is 2.03. The molecule has 0 saturated heterocycles. The number of hydrogen-bond donors (Lipinski definition) is 1. The van der Waals surface area contributed by atoms with Crippen LogP contribution in [0.2, 0.25) is 0 Å². The summed E-state index contributed by atoms with van der Waals surface area (Å²) < 4.78 is 59.8. The molecule has 0 saturated carbocycles. The first-order valence-electron chi connectivity index (χ1n) is 11.2. The van der Waals surface area contributed by atoms with E-state index in [1.54, 1.807) is 65.1 Å². The van der Waals surface area contributed by atoms with E-state index in [1.807, 2.05) is 24.4 Å². The molecule has 0 aliphatic heterocycles. The fourth-order valence-electron chi connectivity index (χ4n) is 3.76. The van der Waals surface area contributed by atoms with Crippen molar-refractivity contribution >= 4 is 28.6 Å². The SMILES string of the molecule is CCSc1ccc(C(Oc2ccc3c(cnn3-c3ccc(F)cc3)c2)C(C)NC(=O)C(F)(F)F)cc1. The van der Waals surface area contributed by atoms with E-state index < -0.39 is 24.2 Å². The van der Waals surface area contributed by atoms with E-state index in [-0.39, 0.29) is 5.82 Å². The predicted molar refractivity (Wildman–Crippen MR) is 131 cm³/mol. The summed E-state index contributed by atoms with van der Waals surface area (Å²) in [6.07, 6.45) is -4.28. The Bertz CT molecular complexity index is 1340. The number of thioether (sulfide) groups is 1. The van der Waals surface area contributed by atoms with Crippen LogP contribution in [0.25, 0.3) is 16.6 Å². The summed E-state index contributed by atoms with van der Waals surface area (Å²) in [6, 6.07) is 17.4. The third kappa shape index (κ3) is 5.81. The average Bonchev–Trinajstić information content (AvgIpc) is 3.26. The molecule has 1 N–H and O–H groups in total. The van der Waals surface area contributed by atoms with Crippen molar-refractivity contribution in [3.05, 3.63) is 84.3 Å². The third-order valence-corrected chi connectivity index (χ3v) is 6.36. The first-order chi connectivity index (χ1) is 17.2. The van der Waals surface area contributed by atoms with Crippen molar-refractivity contribution in [2.24, 2.45) is 0 Å². The van der Waals surface area contributed by atoms with Crippen LogP contribution in [0.15, 0.2) is 77.8 Å². The molecule has 10 heteroatoms. The lowest BCUT2D eigenvalue weighted by molar-refractivity contribution is -0.174. The zero-order valence-corrected chi connectivity index (χ0v) is 20.2. The molecule has 1 aromatic heterocycles. The number of hydrogen-bond acceptors (Lipinski definition) is 4. The third-order valence-electron chi connectivity index (χ3n) is 5.46. The maximum atomic E-state index is 13.3. The van der Waals surface area contributed by atoms with Gasteiger partial charge in [-0.3, -0.25) is 4.79 Å². The zero-order chi connectivity index (χ0) is 25.9. The summed E-state index contributed by atoms with van der Waals surface area (Å²) in [5, 5.41) is 7.08. The van der Waals surface area contributed by atoms with Crippen LogP contribution in [0.4, 0.5) is 17.6 Å². The molecule has 0 aliphatic carbocycles. The van der Waals surface area contributed by atoms with Crippen LogP contribution in [0, 0.1) is 5.82 Å². The van der Waals surface area contributed by atoms with E-state index in [4.69, 9.17) is 4.74 Å². The lowest BCUT2D eigenvalue weighted by Crippen LogP contribution is -2.45. The van der Waals surface area contributed by atoms with Gasteiger partial charge >= 0.3 is 12.1 Å². The molecule has 4 rings (SSSR count). The molecule has 188 valence electrons. The monoisotopic (exact) mass is 517 g/mol. The summed E-state index contributed by atoms with van der Waals surface area (Å²) >= 11 is 1.64. The number of ether oxygens (including phenoxy) is 1. The van der Waals surface area contributed by atoms with Gasteiger partial charge in [0.15, 0.2) is 0 Å². The normalized spacial score (nSPS) is 13.4. The topological polar surface area (TPSA) is 56.1 Å². The highest BCUT2D eigenvalue weighted by Crippen LogP contribution is 2.30. The van der Waals surface area contributed by atoms with Gasteiger partial charge in [-0.2, -0.15) is 18.3 Å². The van der Waals surface area contributed by atoms with Gasteiger partial charge in [0.2, 0.25) is 0 Å². The van der Waals surface area contributed by atoms with Crippen LogP contribution in [0.1, 0.15) is 25.5 Å². The number of carbonyl (C=O) groups excluding carboxylic acids is 1. The van der Waals surface area contributed by atoms with E-state index in [1.165, 1.54) is 19.1 Å². The van der Waals surface area contributed by atoms with Crippen molar-refractivity contribution in [1.29, 1.82) is 0 Å². The highest BCUT2D eigenvalue weighted by atomic mass is 32.2. The Morgan fingerprint density at radius 3 is 2.42 bits per heavy atom. The first kappa shape index (κ1) is 25.6. The van der Waals surface area contributed by atoms with Gasteiger partial charge in [0.05, 0.1) is 23.4 Å². The Morgan fingerprint density at radius 1 is 1.08 bits per heavy atom. The summed E-state index contributed by atoms with van der Waals surface area (Å²) in [6.45, 7) is 3.49. The van der Waals surface area contributed by atoms with Gasteiger partial charge < -0.3 is 10.1 Å². The van der Waals surface area contributed by atoms with Crippen LogP contribution in [-0.4, -0.2) is 33.7 Å². The fourth-order valence-corrected chi connectivity index (χ4v) is 4.42. The lowest BCUT2D eigenvalue weighted by Gasteiger charge is -2.27. The number of carbonyl (C=O) groups is 1. The number of nitrogens with one attached hydrogen (secondary N) is 1. The van der Waals surface area contributed by atoms with E-state index >= 15 is 0 Å². The maximum absolute atomic E-state index is 13.3. The largest absolute Gasteiger partial charge is 0.484 e. The number of alkyl halides is 3. The minimum Gasteiger partial charge on any atom is -0.484 e. The smallest absolute Gasteiger partial charge is 0.471 e. The van der Waals surface area contributed by atoms with Crippen molar-refractivity contribution < 1.29 is 27.1 Å². The summed E-state index contributed by atoms with van der Waals surface area (Å²) in [4.78, 5) is 12.6. The second kappa shape index (κ2) is 10.6. The number of benzene rings is 3. The van der Waals surface area contributed by atoms with Crippen molar-refractivity contribution in [2.45, 2.75) is 37.1 Å². The molecule has 0 bridgehead atoms. The Kier molecular flexibility index (Phi) is 7.53. The van der Waals surface area contributed by atoms with Gasteiger partial charge in [0.25, 0.3) is 0 Å². The molecule has 36 heavy (non-hydrogen) atoms. The highest BCUT2D eigenvalue weighted by Gasteiger charge is 2.40. The van der Waals surface area contributed by atoms with Crippen LogP contribution in [-0.2, 0) is 4.79 Å². The van der Waals surface area contributed by atoms with Crippen LogP contribution in [0.5, 0.6) is 5.75 Å². The molecule has 4 aromatic rings. The second-order valence-corrected chi connectivity index (χ2v) is 9.39. The minimum atomic E-state index is -5.01. The molecular weight excluding hydrogens is 494 g/mol. The van der Waals surface area contributed by atoms with E-state index in [0.717, 1.165) is 21.6 Å². The minimum absolute atomic E-state index is 0.356. The first-order valence-corrected chi connectivity index (χ1v) is 12.1. The van der Waals surface area contributed by atoms with Gasteiger partial charge in [0.1, 0.15) is 17.7 Å². The van der Waals surface area contributed by atoms with Gasteiger partial charge in [-0.05, 0) is 72.8 Å². The molecule has 2 atom stereocenters. The molecule has 2 unspecified atom stereocenters. The molecule has 0 spiro atoms. The summed E-state index contributed by atoms with van der Waals surface area (Å²) in [5.74, 6) is -1.11. The quantitative estimate of drug-likeness (QED) is 0.215. The van der Waals surface area contributed by atoms with Crippen molar-refractivity contribution in [1.82, 2.24) is 15.1 Å². The zero-order valence-electron chi connectivity index (χ0n) is 19.4. The van der Waals surface area contributed by atoms with E-state index in [0.29, 0.717) is 17.0 Å². The Labute approximate surface area is 209 Å². The molecule has 5 nitrogen and oxygen atoms in total. The van der Waals surface area contributed by atoms with Crippen LogP contribution >= 0.6 is 11.8 Å². The number of fused-ring (bicyclic) bond motifs is 1. The van der Waals surface area contributed by atoms with Gasteiger partial charge in [-0.25, -0.2) is 9.07 Å². The molecule has 0 radical (unpaired) electrons. The van der Waals surface area contributed by atoms with E-state index in [2.05, 4.69) is 5.10 Å². The Hall–Kier alpha value is -3.53. The van der Waals surface area contributed by atoms with Gasteiger partial charge in [0, 0.05) is 10.3 Å².